The van der Waals surface area contributed by atoms with Crippen LogP contribution in [-0.2, 0) is 21.9 Å². The second kappa shape index (κ2) is 11.0. The molecule has 0 amide bonds. The van der Waals surface area contributed by atoms with E-state index in [4.69, 9.17) is 4.74 Å². The number of benzene rings is 2. The van der Waals surface area contributed by atoms with Gasteiger partial charge in [-0.15, -0.1) is 0 Å². The predicted molar refractivity (Wildman–Crippen MR) is 132 cm³/mol. The molecular formula is C27H16F8N6O2. The van der Waals surface area contributed by atoms with E-state index >= 15 is 0 Å². The van der Waals surface area contributed by atoms with Gasteiger partial charge in [-0.1, -0.05) is 6.07 Å². The van der Waals surface area contributed by atoms with E-state index < -0.39 is 58.5 Å². The first-order chi connectivity index (χ1) is 20.3. The number of rotatable bonds is 6. The summed E-state index contributed by atoms with van der Waals surface area (Å²) in [6.45, 7) is 1.47. The first-order valence-corrected chi connectivity index (χ1v) is 12.2. The zero-order valence-corrected chi connectivity index (χ0v) is 21.6. The van der Waals surface area contributed by atoms with Crippen LogP contribution in [0.25, 0.3) is 34.2 Å². The first-order valence-electron chi connectivity index (χ1n) is 12.2. The van der Waals surface area contributed by atoms with Crippen molar-refractivity contribution in [1.29, 1.82) is 0 Å². The molecule has 3 heterocycles. The minimum Gasteiger partial charge on any atom is -0.464 e. The molecule has 0 N–H and O–H groups in total. The normalized spacial score (nSPS) is 12.9. The van der Waals surface area contributed by atoms with E-state index in [1.165, 1.54) is 31.5 Å². The summed E-state index contributed by atoms with van der Waals surface area (Å²) in [7, 11) is 0. The van der Waals surface area contributed by atoms with Gasteiger partial charge in [0.25, 0.3) is 0 Å². The van der Waals surface area contributed by atoms with Crippen LogP contribution in [0.2, 0.25) is 0 Å². The number of alkyl halides is 6. The van der Waals surface area contributed by atoms with E-state index in [1.807, 2.05) is 0 Å². The second-order valence-corrected chi connectivity index (χ2v) is 8.92. The molecule has 3 aromatic rings. The van der Waals surface area contributed by atoms with Crippen LogP contribution in [0, 0.1) is 11.6 Å². The number of halogens is 8. The number of carbonyl (C=O) groups is 1. The summed E-state index contributed by atoms with van der Waals surface area (Å²) in [6.07, 6.45) is -5.71. The molecule has 1 unspecified atom stereocenters. The standard InChI is InChI=1S/C27H16F8N6O2/c1-2-43-25(42)22(41-12-20-19(11-38-41)39-24(40-20)16-4-3-5-18(28)21(16)29)13-9-36-23(37-10-13)15-7-6-14(26(30,31)32)8-17(15)27(33,34)35/h3-12,22H,2H2,1H3. The molecule has 43 heavy (non-hydrogen) atoms. The van der Waals surface area contributed by atoms with Gasteiger partial charge in [-0.25, -0.2) is 33.5 Å². The average molecular weight is 608 g/mol. The Kier molecular flexibility index (Phi) is 7.54. The summed E-state index contributed by atoms with van der Waals surface area (Å²) >= 11 is 0. The fourth-order valence-corrected chi connectivity index (χ4v) is 4.16. The van der Waals surface area contributed by atoms with Crippen LogP contribution in [0.4, 0.5) is 35.1 Å². The number of ether oxygens (including phenoxy) is 1. The second-order valence-electron chi connectivity index (χ2n) is 8.92. The van der Waals surface area contributed by atoms with Crippen LogP contribution in [0.15, 0.2) is 61.2 Å². The first kappa shape index (κ1) is 29.5. The molecule has 8 nitrogen and oxygen atoms in total. The van der Waals surface area contributed by atoms with E-state index in [1.54, 1.807) is 0 Å². The van der Waals surface area contributed by atoms with Gasteiger partial charge in [0.1, 0.15) is 11.4 Å². The third kappa shape index (κ3) is 5.85. The molecule has 2 aliphatic heterocycles. The largest absolute Gasteiger partial charge is 0.464 e. The lowest BCUT2D eigenvalue weighted by Crippen LogP contribution is -2.25. The van der Waals surface area contributed by atoms with Crippen molar-refractivity contribution in [3.8, 4) is 34.2 Å². The zero-order chi connectivity index (χ0) is 31.1. The number of imidazole rings is 1. The van der Waals surface area contributed by atoms with Crippen LogP contribution >= 0.6 is 0 Å². The molecular weight excluding hydrogens is 592 g/mol. The van der Waals surface area contributed by atoms with Crippen molar-refractivity contribution < 1.29 is 44.7 Å². The highest BCUT2D eigenvalue weighted by atomic mass is 19.4. The van der Waals surface area contributed by atoms with E-state index in [0.717, 1.165) is 23.1 Å². The van der Waals surface area contributed by atoms with Crippen molar-refractivity contribution in [3.63, 3.8) is 0 Å². The molecule has 0 bridgehead atoms. The fraction of sp³-hybridized carbons (Fsp3) is 0.185. The molecule has 0 aliphatic carbocycles. The van der Waals surface area contributed by atoms with Crippen LogP contribution in [0.1, 0.15) is 29.7 Å². The van der Waals surface area contributed by atoms with Crippen molar-refractivity contribution in [2.75, 3.05) is 6.61 Å². The van der Waals surface area contributed by atoms with Gasteiger partial charge in [0, 0.05) is 23.5 Å². The van der Waals surface area contributed by atoms with E-state index in [9.17, 15) is 39.9 Å². The number of aromatic nitrogens is 6. The van der Waals surface area contributed by atoms with Gasteiger partial charge in [0.2, 0.25) is 0 Å². The Labute approximate surface area is 236 Å². The average Bonchev–Trinajstić information content (AvgIpc) is 3.37. The van der Waals surface area contributed by atoms with Gasteiger partial charge in [0.15, 0.2) is 29.3 Å². The molecule has 222 valence electrons. The molecule has 16 heteroatoms. The van der Waals surface area contributed by atoms with Crippen molar-refractivity contribution in [2.45, 2.75) is 25.3 Å². The third-order valence-electron chi connectivity index (χ3n) is 6.13. The third-order valence-corrected chi connectivity index (χ3v) is 6.13. The lowest BCUT2D eigenvalue weighted by Gasteiger charge is -2.19. The molecule has 0 fully saturated rings. The van der Waals surface area contributed by atoms with Gasteiger partial charge in [-0.2, -0.15) is 31.4 Å². The topological polar surface area (TPSA) is 95.7 Å². The van der Waals surface area contributed by atoms with Crippen LogP contribution in [-0.4, -0.2) is 42.3 Å². The minimum absolute atomic E-state index is 0.00423. The summed E-state index contributed by atoms with van der Waals surface area (Å²) < 4.78 is 114. The quantitative estimate of drug-likeness (QED) is 0.163. The molecule has 0 saturated carbocycles. The number of fused-ring (bicyclic) bond motifs is 1. The van der Waals surface area contributed by atoms with E-state index in [2.05, 4.69) is 25.0 Å². The maximum absolute atomic E-state index is 14.3. The Morgan fingerprint density at radius 3 is 2.23 bits per heavy atom. The Balaban J connectivity index is 1.54. The summed E-state index contributed by atoms with van der Waals surface area (Å²) in [5, 5.41) is 4.13. The summed E-state index contributed by atoms with van der Waals surface area (Å²) in [6, 6.07) is 3.14. The minimum atomic E-state index is -5.16. The number of carbonyl (C=O) groups excluding carboxylic acids is 1. The molecule has 1 aromatic heterocycles. The maximum Gasteiger partial charge on any atom is 0.417 e. The van der Waals surface area contributed by atoms with Crippen molar-refractivity contribution in [1.82, 2.24) is 29.7 Å². The number of nitrogens with zero attached hydrogens (tertiary/aromatic N) is 6. The Bertz CT molecular complexity index is 1770. The van der Waals surface area contributed by atoms with Gasteiger partial charge in [0.05, 0.1) is 35.7 Å². The highest BCUT2D eigenvalue weighted by molar-refractivity contribution is 5.78. The van der Waals surface area contributed by atoms with Crippen molar-refractivity contribution in [3.05, 3.63) is 89.5 Å². The van der Waals surface area contributed by atoms with Crippen LogP contribution in [0.5, 0.6) is 0 Å². The number of hydrogen-bond acceptors (Lipinski definition) is 7. The smallest absolute Gasteiger partial charge is 0.417 e. The van der Waals surface area contributed by atoms with E-state index in [0.29, 0.717) is 12.1 Å². The fourth-order valence-electron chi connectivity index (χ4n) is 4.16. The van der Waals surface area contributed by atoms with E-state index in [-0.39, 0.29) is 41.0 Å². The lowest BCUT2D eigenvalue weighted by atomic mass is 10.0. The molecule has 2 aliphatic rings. The van der Waals surface area contributed by atoms with Gasteiger partial charge in [-0.3, -0.25) is 4.68 Å². The molecule has 0 spiro atoms. The molecule has 0 radical (unpaired) electrons. The Morgan fingerprint density at radius 2 is 1.58 bits per heavy atom. The monoisotopic (exact) mass is 608 g/mol. The molecule has 2 aromatic carbocycles. The van der Waals surface area contributed by atoms with Crippen molar-refractivity contribution in [2.24, 2.45) is 0 Å². The maximum atomic E-state index is 14.3. The SMILES string of the molecule is CCOC(=O)C(c1cnc(-c2ccc(C(F)(F)F)cc2C(F)(F)F)nc1)n1cc2nc(-c3cccc(F)c3F)nc-2cn1. The number of hydrogen-bond donors (Lipinski definition) is 0. The summed E-state index contributed by atoms with van der Waals surface area (Å²) in [5.74, 6) is -3.84. The highest BCUT2D eigenvalue weighted by Crippen LogP contribution is 2.40. The molecule has 5 rings (SSSR count). The summed E-state index contributed by atoms with van der Waals surface area (Å²) in [5.41, 5.74) is -3.73. The van der Waals surface area contributed by atoms with Gasteiger partial charge < -0.3 is 4.74 Å². The lowest BCUT2D eigenvalue weighted by molar-refractivity contribution is -0.146. The Morgan fingerprint density at radius 1 is 0.884 bits per heavy atom. The zero-order valence-electron chi connectivity index (χ0n) is 21.6. The van der Waals surface area contributed by atoms with Crippen molar-refractivity contribution >= 4 is 5.97 Å². The molecule has 0 saturated heterocycles. The van der Waals surface area contributed by atoms with Crippen LogP contribution in [0.3, 0.4) is 0 Å². The van der Waals surface area contributed by atoms with Gasteiger partial charge in [-0.05, 0) is 37.3 Å². The predicted octanol–water partition coefficient (Wildman–Crippen LogP) is 6.37. The Hall–Kier alpha value is -5.02. The molecule has 1 atom stereocenters. The van der Waals surface area contributed by atoms with Crippen LogP contribution < -0.4 is 0 Å². The highest BCUT2D eigenvalue weighted by Gasteiger charge is 2.39. The summed E-state index contributed by atoms with van der Waals surface area (Å²) in [4.78, 5) is 29.0. The number of esters is 1. The van der Waals surface area contributed by atoms with Gasteiger partial charge >= 0.3 is 18.3 Å².